The first-order chi connectivity index (χ1) is 9.28. The van der Waals surface area contributed by atoms with E-state index >= 15 is 0 Å². The average Bonchev–Trinajstić information content (AvgIpc) is 2.86. The summed E-state index contributed by atoms with van der Waals surface area (Å²) in [6.07, 6.45) is 3.52. The van der Waals surface area contributed by atoms with Crippen molar-refractivity contribution in [3.8, 4) is 5.75 Å². The van der Waals surface area contributed by atoms with Crippen molar-refractivity contribution < 1.29 is 4.74 Å². The summed E-state index contributed by atoms with van der Waals surface area (Å²) in [7, 11) is 1.70. The first-order valence-electron chi connectivity index (χ1n) is 6.51. The van der Waals surface area contributed by atoms with Gasteiger partial charge in [-0.25, -0.2) is 4.68 Å². The summed E-state index contributed by atoms with van der Waals surface area (Å²) in [6, 6.07) is 6.23. The van der Waals surface area contributed by atoms with E-state index in [4.69, 9.17) is 10.5 Å². The molecule has 0 radical (unpaired) electrons. The van der Waals surface area contributed by atoms with E-state index in [0.717, 1.165) is 24.3 Å². The molecule has 0 saturated carbocycles. The Morgan fingerprint density at radius 2 is 2.21 bits per heavy atom. The van der Waals surface area contributed by atoms with Crippen LogP contribution in [0.4, 0.5) is 0 Å². The molecule has 5 heteroatoms. The maximum absolute atomic E-state index is 5.58. The van der Waals surface area contributed by atoms with Crippen molar-refractivity contribution in [1.82, 2.24) is 15.0 Å². The zero-order valence-corrected chi connectivity index (χ0v) is 11.5. The number of aryl methyl sites for hydroxylation is 1. The minimum absolute atomic E-state index is 0.607. The predicted octanol–water partition coefficient (Wildman–Crippen LogP) is 1.40. The van der Waals surface area contributed by atoms with Gasteiger partial charge in [0, 0.05) is 6.42 Å². The molecule has 5 nitrogen and oxygen atoms in total. The van der Waals surface area contributed by atoms with Crippen LogP contribution in [0.5, 0.6) is 5.75 Å². The number of nitrogens with two attached hydrogens (primary N) is 1. The molecule has 2 aromatic rings. The van der Waals surface area contributed by atoms with Crippen LogP contribution < -0.4 is 10.5 Å². The Morgan fingerprint density at radius 3 is 2.89 bits per heavy atom. The number of hydrogen-bond acceptors (Lipinski definition) is 4. The Morgan fingerprint density at radius 1 is 1.37 bits per heavy atom. The molecule has 0 unspecified atom stereocenters. The third kappa shape index (κ3) is 3.12. The smallest absolute Gasteiger partial charge is 0.122 e. The standard InChI is InChI=1S/C14H20N4O/c1-3-12-8-11(4-5-14(12)19-2)10-18-13(6-7-15)9-16-17-18/h4-5,8-9H,3,6-7,10,15H2,1-2H3. The molecule has 1 aromatic carbocycles. The summed E-state index contributed by atoms with van der Waals surface area (Å²) in [5.41, 5.74) is 9.05. The number of nitrogens with zero attached hydrogens (tertiary/aromatic N) is 3. The molecule has 0 bridgehead atoms. The molecule has 0 amide bonds. The maximum atomic E-state index is 5.58. The Bertz CT molecular complexity index is 536. The lowest BCUT2D eigenvalue weighted by atomic mass is 10.1. The van der Waals surface area contributed by atoms with Crippen molar-refractivity contribution in [1.29, 1.82) is 0 Å². The van der Waals surface area contributed by atoms with E-state index in [1.165, 1.54) is 11.1 Å². The van der Waals surface area contributed by atoms with E-state index in [1.807, 2.05) is 10.7 Å². The van der Waals surface area contributed by atoms with E-state index in [0.29, 0.717) is 13.1 Å². The summed E-state index contributed by atoms with van der Waals surface area (Å²) in [4.78, 5) is 0. The Kier molecular flexibility index (Phi) is 4.52. The molecule has 0 saturated heterocycles. The highest BCUT2D eigenvalue weighted by Crippen LogP contribution is 2.21. The topological polar surface area (TPSA) is 66.0 Å². The van der Waals surface area contributed by atoms with Gasteiger partial charge in [0.2, 0.25) is 0 Å². The van der Waals surface area contributed by atoms with Gasteiger partial charge in [0.1, 0.15) is 5.75 Å². The summed E-state index contributed by atoms with van der Waals surface area (Å²) in [6.45, 7) is 3.44. The van der Waals surface area contributed by atoms with Gasteiger partial charge in [-0.15, -0.1) is 5.10 Å². The van der Waals surface area contributed by atoms with Gasteiger partial charge in [-0.1, -0.05) is 24.3 Å². The molecule has 1 heterocycles. The van der Waals surface area contributed by atoms with E-state index in [2.05, 4.69) is 29.4 Å². The normalized spacial score (nSPS) is 10.7. The van der Waals surface area contributed by atoms with E-state index in [9.17, 15) is 0 Å². The molecule has 0 aliphatic heterocycles. The van der Waals surface area contributed by atoms with Crippen LogP contribution in [-0.2, 0) is 19.4 Å². The van der Waals surface area contributed by atoms with Crippen molar-refractivity contribution in [3.05, 3.63) is 41.2 Å². The second kappa shape index (κ2) is 6.33. The number of rotatable bonds is 6. The SMILES string of the molecule is CCc1cc(Cn2nncc2CCN)ccc1OC. The number of hydrogen-bond donors (Lipinski definition) is 1. The van der Waals surface area contributed by atoms with Gasteiger partial charge in [-0.2, -0.15) is 0 Å². The van der Waals surface area contributed by atoms with Crippen molar-refractivity contribution in [2.45, 2.75) is 26.3 Å². The molecule has 19 heavy (non-hydrogen) atoms. The van der Waals surface area contributed by atoms with E-state index in [1.54, 1.807) is 13.3 Å². The van der Waals surface area contributed by atoms with Crippen LogP contribution in [0.1, 0.15) is 23.7 Å². The van der Waals surface area contributed by atoms with Crippen LogP contribution in [0.3, 0.4) is 0 Å². The zero-order chi connectivity index (χ0) is 13.7. The predicted molar refractivity (Wildman–Crippen MR) is 74.3 cm³/mol. The number of benzene rings is 1. The van der Waals surface area contributed by atoms with Gasteiger partial charge in [-0.05, 0) is 30.2 Å². The fourth-order valence-corrected chi connectivity index (χ4v) is 2.13. The lowest BCUT2D eigenvalue weighted by molar-refractivity contribution is 0.410. The second-order valence-electron chi connectivity index (χ2n) is 4.42. The van der Waals surface area contributed by atoms with Gasteiger partial charge >= 0.3 is 0 Å². The monoisotopic (exact) mass is 260 g/mol. The number of methoxy groups -OCH3 is 1. The van der Waals surface area contributed by atoms with Crippen molar-refractivity contribution in [2.24, 2.45) is 5.73 Å². The number of ether oxygens (including phenoxy) is 1. The first-order valence-corrected chi connectivity index (χ1v) is 6.51. The van der Waals surface area contributed by atoms with Crippen LogP contribution in [0.15, 0.2) is 24.4 Å². The Balaban J connectivity index is 2.21. The van der Waals surface area contributed by atoms with Gasteiger partial charge in [0.15, 0.2) is 0 Å². The van der Waals surface area contributed by atoms with Crippen molar-refractivity contribution in [2.75, 3.05) is 13.7 Å². The Labute approximate surface area is 113 Å². The van der Waals surface area contributed by atoms with Gasteiger partial charge in [0.25, 0.3) is 0 Å². The summed E-state index contributed by atoms with van der Waals surface area (Å²) < 4.78 is 7.23. The molecule has 0 spiro atoms. The molecule has 102 valence electrons. The molecular weight excluding hydrogens is 240 g/mol. The second-order valence-corrected chi connectivity index (χ2v) is 4.42. The molecular formula is C14H20N4O. The summed E-state index contributed by atoms with van der Waals surface area (Å²) in [5, 5.41) is 8.05. The molecule has 2 rings (SSSR count). The van der Waals surface area contributed by atoms with Gasteiger partial charge in [0.05, 0.1) is 25.5 Å². The average molecular weight is 260 g/mol. The molecule has 0 aliphatic carbocycles. The highest BCUT2D eigenvalue weighted by Gasteiger charge is 2.06. The molecule has 1 aromatic heterocycles. The van der Waals surface area contributed by atoms with Crippen LogP contribution in [-0.4, -0.2) is 28.6 Å². The summed E-state index contributed by atoms with van der Waals surface area (Å²) in [5.74, 6) is 0.937. The molecule has 0 fully saturated rings. The zero-order valence-electron chi connectivity index (χ0n) is 11.5. The van der Waals surface area contributed by atoms with Crippen molar-refractivity contribution in [3.63, 3.8) is 0 Å². The lowest BCUT2D eigenvalue weighted by Crippen LogP contribution is -2.11. The lowest BCUT2D eigenvalue weighted by Gasteiger charge is -2.10. The summed E-state index contributed by atoms with van der Waals surface area (Å²) >= 11 is 0. The van der Waals surface area contributed by atoms with Crippen LogP contribution >= 0.6 is 0 Å². The van der Waals surface area contributed by atoms with Crippen molar-refractivity contribution >= 4 is 0 Å². The molecule has 2 N–H and O–H groups in total. The third-order valence-corrected chi connectivity index (χ3v) is 3.16. The molecule has 0 atom stereocenters. The van der Waals surface area contributed by atoms with Crippen LogP contribution in [0.2, 0.25) is 0 Å². The fourth-order valence-electron chi connectivity index (χ4n) is 2.13. The number of aromatic nitrogens is 3. The highest BCUT2D eigenvalue weighted by atomic mass is 16.5. The largest absolute Gasteiger partial charge is 0.496 e. The minimum Gasteiger partial charge on any atom is -0.496 e. The quantitative estimate of drug-likeness (QED) is 0.852. The third-order valence-electron chi connectivity index (χ3n) is 3.16. The van der Waals surface area contributed by atoms with Gasteiger partial charge in [-0.3, -0.25) is 0 Å². The van der Waals surface area contributed by atoms with Gasteiger partial charge < -0.3 is 10.5 Å². The van der Waals surface area contributed by atoms with E-state index in [-0.39, 0.29) is 0 Å². The highest BCUT2D eigenvalue weighted by molar-refractivity contribution is 5.37. The van der Waals surface area contributed by atoms with Crippen LogP contribution in [0, 0.1) is 0 Å². The molecule has 0 aliphatic rings. The first kappa shape index (κ1) is 13.5. The van der Waals surface area contributed by atoms with Crippen LogP contribution in [0.25, 0.3) is 0 Å². The fraction of sp³-hybridized carbons (Fsp3) is 0.429. The Hall–Kier alpha value is -1.88. The van der Waals surface area contributed by atoms with E-state index < -0.39 is 0 Å². The maximum Gasteiger partial charge on any atom is 0.122 e. The minimum atomic E-state index is 0.607.